The predicted octanol–water partition coefficient (Wildman–Crippen LogP) is 3.15. The minimum atomic E-state index is -0.433. The number of rotatable bonds is 3. The fourth-order valence-electron chi connectivity index (χ4n) is 2.57. The number of likely N-dealkylation sites (tertiary alicyclic amines) is 1. The maximum atomic E-state index is 12.3. The Morgan fingerprint density at radius 1 is 1.42 bits per heavy atom. The average Bonchev–Trinajstić information content (AvgIpc) is 2.24. The minimum absolute atomic E-state index is 0.177. The molecule has 4 heteroatoms. The zero-order chi connectivity index (χ0) is 14.7. The molecule has 0 aromatic rings. The lowest BCUT2D eigenvalue weighted by Gasteiger charge is -2.44. The van der Waals surface area contributed by atoms with Crippen LogP contribution >= 0.6 is 0 Å². The number of amides is 1. The molecule has 0 bridgehead atoms. The molecule has 1 aliphatic rings. The summed E-state index contributed by atoms with van der Waals surface area (Å²) in [5, 5.41) is 0. The second-order valence-corrected chi connectivity index (χ2v) is 7.40. The maximum absolute atomic E-state index is 12.3. The molecule has 1 heterocycles. The van der Waals surface area contributed by atoms with Gasteiger partial charge in [0.25, 0.3) is 0 Å². The molecule has 1 atom stereocenters. The summed E-state index contributed by atoms with van der Waals surface area (Å²) in [5.74, 6) is 0. The quantitative estimate of drug-likeness (QED) is 0.857. The average molecular weight is 270 g/mol. The molecule has 0 aromatic carbocycles. The van der Waals surface area contributed by atoms with E-state index in [-0.39, 0.29) is 17.6 Å². The monoisotopic (exact) mass is 270 g/mol. The van der Waals surface area contributed by atoms with Crippen LogP contribution in [-0.4, -0.2) is 35.7 Å². The summed E-state index contributed by atoms with van der Waals surface area (Å²) >= 11 is 0. The molecule has 19 heavy (non-hydrogen) atoms. The first-order valence-electron chi connectivity index (χ1n) is 7.34. The van der Waals surface area contributed by atoms with Crippen molar-refractivity contribution in [3.63, 3.8) is 0 Å². The highest BCUT2D eigenvalue weighted by Gasteiger charge is 2.37. The van der Waals surface area contributed by atoms with E-state index in [9.17, 15) is 4.79 Å². The molecular formula is C15H30N2O2. The Balaban J connectivity index is 2.73. The molecule has 1 fully saturated rings. The zero-order valence-electron chi connectivity index (χ0n) is 13.2. The summed E-state index contributed by atoms with van der Waals surface area (Å²) in [6, 6.07) is 0.284. The fourth-order valence-corrected chi connectivity index (χ4v) is 2.57. The van der Waals surface area contributed by atoms with Gasteiger partial charge in [0, 0.05) is 12.6 Å². The first kappa shape index (κ1) is 16.3. The first-order valence-corrected chi connectivity index (χ1v) is 7.34. The van der Waals surface area contributed by atoms with Crippen LogP contribution in [0.3, 0.4) is 0 Å². The third-order valence-electron chi connectivity index (χ3n) is 3.56. The summed E-state index contributed by atoms with van der Waals surface area (Å²) in [7, 11) is 0. The van der Waals surface area contributed by atoms with E-state index in [1.54, 1.807) is 0 Å². The van der Waals surface area contributed by atoms with Gasteiger partial charge in [0.15, 0.2) is 0 Å². The third-order valence-corrected chi connectivity index (χ3v) is 3.56. The summed E-state index contributed by atoms with van der Waals surface area (Å²) in [6.07, 6.45) is 3.96. The van der Waals surface area contributed by atoms with Crippen LogP contribution in [-0.2, 0) is 4.74 Å². The van der Waals surface area contributed by atoms with Gasteiger partial charge in [-0.15, -0.1) is 0 Å². The van der Waals surface area contributed by atoms with E-state index < -0.39 is 5.60 Å². The van der Waals surface area contributed by atoms with E-state index in [4.69, 9.17) is 10.5 Å². The smallest absolute Gasteiger partial charge is 0.410 e. The SMILES string of the molecule is CC1(C)CCC(CCCN)N(C(=O)OC(C)(C)C)C1. The van der Waals surface area contributed by atoms with E-state index in [1.165, 1.54) is 0 Å². The molecule has 0 saturated carbocycles. The van der Waals surface area contributed by atoms with Crippen molar-refractivity contribution in [1.82, 2.24) is 4.90 Å². The number of carbonyl (C=O) groups is 1. The molecule has 1 aliphatic heterocycles. The summed E-state index contributed by atoms with van der Waals surface area (Å²) in [6.45, 7) is 11.6. The Morgan fingerprint density at radius 3 is 2.58 bits per heavy atom. The topological polar surface area (TPSA) is 55.6 Å². The molecule has 4 nitrogen and oxygen atoms in total. The lowest BCUT2D eigenvalue weighted by molar-refractivity contribution is -0.00888. The van der Waals surface area contributed by atoms with Crippen LogP contribution < -0.4 is 5.73 Å². The van der Waals surface area contributed by atoms with Crippen LogP contribution in [0.4, 0.5) is 4.79 Å². The van der Waals surface area contributed by atoms with Crippen molar-refractivity contribution in [3.8, 4) is 0 Å². The van der Waals surface area contributed by atoms with Gasteiger partial charge in [-0.2, -0.15) is 0 Å². The second kappa shape index (κ2) is 6.12. The van der Waals surface area contributed by atoms with Crippen molar-refractivity contribution in [2.24, 2.45) is 11.1 Å². The number of nitrogens with zero attached hydrogens (tertiary/aromatic N) is 1. The Morgan fingerprint density at radius 2 is 2.05 bits per heavy atom. The van der Waals surface area contributed by atoms with Gasteiger partial charge < -0.3 is 15.4 Å². The number of hydrogen-bond acceptors (Lipinski definition) is 3. The first-order chi connectivity index (χ1) is 8.64. The van der Waals surface area contributed by atoms with Gasteiger partial charge >= 0.3 is 6.09 Å². The van der Waals surface area contributed by atoms with Crippen molar-refractivity contribution in [2.75, 3.05) is 13.1 Å². The highest BCUT2D eigenvalue weighted by atomic mass is 16.6. The van der Waals surface area contributed by atoms with Gasteiger partial charge in [0.2, 0.25) is 0 Å². The van der Waals surface area contributed by atoms with Crippen LogP contribution in [0.2, 0.25) is 0 Å². The molecule has 0 aromatic heterocycles. The molecule has 0 radical (unpaired) electrons. The van der Waals surface area contributed by atoms with Crippen molar-refractivity contribution in [2.45, 2.75) is 71.9 Å². The number of piperidine rings is 1. The van der Waals surface area contributed by atoms with Gasteiger partial charge in [-0.25, -0.2) is 4.79 Å². The lowest BCUT2D eigenvalue weighted by Crippen LogP contribution is -2.51. The maximum Gasteiger partial charge on any atom is 0.410 e. The summed E-state index contributed by atoms with van der Waals surface area (Å²) in [4.78, 5) is 14.3. The Hall–Kier alpha value is -0.770. The molecule has 1 saturated heterocycles. The number of ether oxygens (including phenoxy) is 1. The molecule has 112 valence electrons. The van der Waals surface area contributed by atoms with Crippen molar-refractivity contribution in [3.05, 3.63) is 0 Å². The summed E-state index contributed by atoms with van der Waals surface area (Å²) < 4.78 is 5.54. The molecule has 0 aliphatic carbocycles. The second-order valence-electron chi connectivity index (χ2n) is 7.40. The fraction of sp³-hybridized carbons (Fsp3) is 0.933. The Labute approximate surface area is 117 Å². The van der Waals surface area contributed by atoms with E-state index in [1.807, 2.05) is 25.7 Å². The number of nitrogens with two attached hydrogens (primary N) is 1. The van der Waals surface area contributed by atoms with Crippen LogP contribution in [0.15, 0.2) is 0 Å². The largest absolute Gasteiger partial charge is 0.444 e. The van der Waals surface area contributed by atoms with Gasteiger partial charge in [0.1, 0.15) is 5.60 Å². The minimum Gasteiger partial charge on any atom is -0.444 e. The van der Waals surface area contributed by atoms with E-state index in [0.29, 0.717) is 6.54 Å². The normalized spacial score (nSPS) is 23.3. The molecule has 1 rings (SSSR count). The Kier molecular flexibility index (Phi) is 5.25. The van der Waals surface area contributed by atoms with Crippen molar-refractivity contribution >= 4 is 6.09 Å². The number of carbonyl (C=O) groups excluding carboxylic acids is 1. The van der Waals surface area contributed by atoms with Crippen molar-refractivity contribution in [1.29, 1.82) is 0 Å². The number of hydrogen-bond donors (Lipinski definition) is 1. The predicted molar refractivity (Wildman–Crippen MR) is 78.0 cm³/mol. The van der Waals surface area contributed by atoms with Crippen LogP contribution in [0.1, 0.15) is 60.3 Å². The molecular weight excluding hydrogens is 240 g/mol. The highest BCUT2D eigenvalue weighted by molar-refractivity contribution is 5.68. The highest BCUT2D eigenvalue weighted by Crippen LogP contribution is 2.34. The zero-order valence-corrected chi connectivity index (χ0v) is 13.2. The van der Waals surface area contributed by atoms with Crippen LogP contribution in [0, 0.1) is 5.41 Å². The van der Waals surface area contributed by atoms with E-state index >= 15 is 0 Å². The van der Waals surface area contributed by atoms with Crippen LogP contribution in [0.25, 0.3) is 0 Å². The Bertz CT molecular complexity index is 308. The van der Waals surface area contributed by atoms with Crippen LogP contribution in [0.5, 0.6) is 0 Å². The standard InChI is InChI=1S/C15H30N2O2/c1-14(2,3)19-13(18)17-11-15(4,5)9-8-12(17)7-6-10-16/h12H,6-11,16H2,1-5H3. The molecule has 0 spiro atoms. The van der Waals surface area contributed by atoms with Gasteiger partial charge in [-0.05, 0) is 58.4 Å². The lowest BCUT2D eigenvalue weighted by atomic mass is 9.80. The van der Waals surface area contributed by atoms with Crippen molar-refractivity contribution < 1.29 is 9.53 Å². The molecule has 2 N–H and O–H groups in total. The molecule has 1 unspecified atom stereocenters. The third kappa shape index (κ3) is 5.39. The van der Waals surface area contributed by atoms with E-state index in [0.717, 1.165) is 32.2 Å². The van der Waals surface area contributed by atoms with Gasteiger partial charge in [-0.1, -0.05) is 13.8 Å². The van der Waals surface area contributed by atoms with Gasteiger partial charge in [0.05, 0.1) is 0 Å². The van der Waals surface area contributed by atoms with E-state index in [2.05, 4.69) is 13.8 Å². The summed E-state index contributed by atoms with van der Waals surface area (Å²) in [5.41, 5.74) is 5.33. The molecule has 1 amide bonds. The van der Waals surface area contributed by atoms with Gasteiger partial charge in [-0.3, -0.25) is 0 Å².